The number of hydrogen-bond donors (Lipinski definition) is 0. The molecule has 2 heterocycles. The van der Waals surface area contributed by atoms with E-state index in [9.17, 15) is 0 Å². The van der Waals surface area contributed by atoms with Crippen LogP contribution >= 0.6 is 0 Å². The van der Waals surface area contributed by atoms with Crippen LogP contribution in [-0.4, -0.2) is 0 Å². The molecule has 1 aliphatic heterocycles. The van der Waals surface area contributed by atoms with E-state index in [1.165, 1.54) is 33.2 Å². The molecule has 0 saturated carbocycles. The molecule has 0 bridgehead atoms. The molecule has 0 saturated heterocycles. The van der Waals surface area contributed by atoms with E-state index in [1.54, 1.807) is 0 Å². The van der Waals surface area contributed by atoms with Gasteiger partial charge in [0, 0.05) is 23.9 Å². The van der Waals surface area contributed by atoms with Crippen LogP contribution in [0.25, 0.3) is 22.0 Å². The van der Waals surface area contributed by atoms with Crippen molar-refractivity contribution in [1.82, 2.24) is 0 Å². The third-order valence-electron chi connectivity index (χ3n) is 4.75. The van der Waals surface area contributed by atoms with E-state index in [1.807, 2.05) is 0 Å². The molecular formula is C21H22N+. The lowest BCUT2D eigenvalue weighted by molar-refractivity contribution is -0.693. The summed E-state index contributed by atoms with van der Waals surface area (Å²) in [5, 5.41) is 2.63. The summed E-state index contributed by atoms with van der Waals surface area (Å²) in [5.74, 6) is 0.701. The second kappa shape index (κ2) is 4.95. The van der Waals surface area contributed by atoms with Crippen LogP contribution in [0, 0.1) is 5.92 Å². The number of rotatable bonds is 2. The predicted octanol–water partition coefficient (Wildman–Crippen LogP) is 4.92. The summed E-state index contributed by atoms with van der Waals surface area (Å²) in [6.45, 7) is 6.88. The van der Waals surface area contributed by atoms with Gasteiger partial charge < -0.3 is 0 Å². The van der Waals surface area contributed by atoms with Crippen LogP contribution < -0.4 is 4.57 Å². The maximum Gasteiger partial charge on any atom is 0.214 e. The molecule has 4 rings (SSSR count). The lowest BCUT2D eigenvalue weighted by atomic mass is 9.96. The van der Waals surface area contributed by atoms with Crippen LogP contribution in [0.3, 0.4) is 0 Å². The van der Waals surface area contributed by atoms with E-state index in [0.717, 1.165) is 6.42 Å². The number of aromatic nitrogens is 1. The first-order valence-electron chi connectivity index (χ1n) is 8.20. The van der Waals surface area contributed by atoms with E-state index < -0.39 is 0 Å². The van der Waals surface area contributed by atoms with Gasteiger partial charge in [0.2, 0.25) is 5.69 Å². The third kappa shape index (κ3) is 2.04. The second-order valence-electron chi connectivity index (χ2n) is 6.89. The summed E-state index contributed by atoms with van der Waals surface area (Å²) in [5.41, 5.74) is 5.66. The Morgan fingerprint density at radius 1 is 1.00 bits per heavy atom. The molecule has 0 radical (unpaired) electrons. The predicted molar refractivity (Wildman–Crippen MR) is 91.9 cm³/mol. The Kier molecular flexibility index (Phi) is 3.04. The van der Waals surface area contributed by atoms with Gasteiger partial charge in [0.1, 0.15) is 0 Å². The van der Waals surface area contributed by atoms with Gasteiger partial charge in [0.15, 0.2) is 12.2 Å². The topological polar surface area (TPSA) is 3.88 Å². The number of pyridine rings is 1. The molecule has 0 aliphatic carbocycles. The number of fused-ring (bicyclic) bond motifs is 4. The highest BCUT2D eigenvalue weighted by Gasteiger charge is 2.33. The molecule has 0 fully saturated rings. The Morgan fingerprint density at radius 2 is 1.77 bits per heavy atom. The fourth-order valence-electron chi connectivity index (χ4n) is 3.68. The molecule has 22 heavy (non-hydrogen) atoms. The van der Waals surface area contributed by atoms with Crippen molar-refractivity contribution in [2.45, 2.75) is 33.2 Å². The highest BCUT2D eigenvalue weighted by Crippen LogP contribution is 2.35. The zero-order chi connectivity index (χ0) is 15.3. The SMILES string of the molecule is CC(C)Cc1ccc2c(c1)C(C)[n+]1cc3ccccc3cc1-2. The van der Waals surface area contributed by atoms with Crippen LogP contribution in [0.4, 0.5) is 0 Å². The highest BCUT2D eigenvalue weighted by atomic mass is 15.0. The Balaban J connectivity index is 1.88. The molecule has 1 unspecified atom stereocenters. The third-order valence-corrected chi connectivity index (χ3v) is 4.75. The zero-order valence-corrected chi connectivity index (χ0v) is 13.5. The van der Waals surface area contributed by atoms with Crippen molar-refractivity contribution in [2.75, 3.05) is 0 Å². The van der Waals surface area contributed by atoms with Gasteiger partial charge in [-0.25, -0.2) is 0 Å². The van der Waals surface area contributed by atoms with Crippen molar-refractivity contribution in [3.05, 3.63) is 65.9 Å². The summed E-state index contributed by atoms with van der Waals surface area (Å²) < 4.78 is 2.42. The lowest BCUT2D eigenvalue weighted by Crippen LogP contribution is -2.35. The summed E-state index contributed by atoms with van der Waals surface area (Å²) >= 11 is 0. The van der Waals surface area contributed by atoms with Gasteiger partial charge in [0.25, 0.3) is 0 Å². The van der Waals surface area contributed by atoms with Gasteiger partial charge >= 0.3 is 0 Å². The average Bonchev–Trinajstić information content (AvgIpc) is 2.77. The van der Waals surface area contributed by atoms with Crippen molar-refractivity contribution in [3.8, 4) is 11.3 Å². The average molecular weight is 288 g/mol. The van der Waals surface area contributed by atoms with Gasteiger partial charge in [0.05, 0.1) is 5.56 Å². The van der Waals surface area contributed by atoms with E-state index in [2.05, 4.69) is 80.1 Å². The van der Waals surface area contributed by atoms with Crippen LogP contribution in [0.15, 0.2) is 54.7 Å². The maximum absolute atomic E-state index is 2.42. The zero-order valence-electron chi connectivity index (χ0n) is 13.5. The Labute approximate surface area is 132 Å². The first-order valence-corrected chi connectivity index (χ1v) is 8.20. The molecule has 1 aliphatic rings. The van der Waals surface area contributed by atoms with Crippen molar-refractivity contribution in [1.29, 1.82) is 0 Å². The van der Waals surface area contributed by atoms with E-state index in [0.29, 0.717) is 12.0 Å². The smallest absolute Gasteiger partial charge is 0.191 e. The van der Waals surface area contributed by atoms with Crippen LogP contribution in [0.1, 0.15) is 37.9 Å². The lowest BCUT2D eigenvalue weighted by Gasteiger charge is -2.07. The van der Waals surface area contributed by atoms with E-state index in [4.69, 9.17) is 0 Å². The van der Waals surface area contributed by atoms with Crippen molar-refractivity contribution in [2.24, 2.45) is 5.92 Å². The summed E-state index contributed by atoms with van der Waals surface area (Å²) in [6, 6.07) is 18.4. The van der Waals surface area contributed by atoms with Crippen LogP contribution in [0.2, 0.25) is 0 Å². The monoisotopic (exact) mass is 288 g/mol. The maximum atomic E-state index is 2.42. The van der Waals surface area contributed by atoms with Crippen molar-refractivity contribution < 1.29 is 4.57 Å². The fourth-order valence-corrected chi connectivity index (χ4v) is 3.68. The summed E-state index contributed by atoms with van der Waals surface area (Å²) in [7, 11) is 0. The van der Waals surface area contributed by atoms with Crippen LogP contribution in [0.5, 0.6) is 0 Å². The highest BCUT2D eigenvalue weighted by molar-refractivity contribution is 5.84. The van der Waals surface area contributed by atoms with Gasteiger partial charge in [-0.15, -0.1) is 0 Å². The van der Waals surface area contributed by atoms with E-state index >= 15 is 0 Å². The van der Waals surface area contributed by atoms with Gasteiger partial charge in [-0.2, -0.15) is 4.57 Å². The second-order valence-corrected chi connectivity index (χ2v) is 6.89. The quantitative estimate of drug-likeness (QED) is 0.590. The van der Waals surface area contributed by atoms with Gasteiger partial charge in [-0.3, -0.25) is 0 Å². The normalized spacial score (nSPS) is 16.1. The van der Waals surface area contributed by atoms with Gasteiger partial charge in [-0.05, 0) is 41.5 Å². The number of benzene rings is 2. The first kappa shape index (κ1) is 13.5. The molecule has 110 valence electrons. The summed E-state index contributed by atoms with van der Waals surface area (Å²) in [6.07, 6.45) is 3.46. The molecule has 2 aromatic carbocycles. The Hall–Kier alpha value is -2.15. The van der Waals surface area contributed by atoms with Crippen molar-refractivity contribution in [3.63, 3.8) is 0 Å². The number of hydrogen-bond acceptors (Lipinski definition) is 0. The minimum Gasteiger partial charge on any atom is -0.191 e. The molecule has 0 spiro atoms. The number of nitrogens with zero attached hydrogens (tertiary/aromatic N) is 1. The molecule has 1 aromatic heterocycles. The van der Waals surface area contributed by atoms with Crippen LogP contribution in [-0.2, 0) is 6.42 Å². The molecule has 3 aromatic rings. The molecule has 1 atom stereocenters. The Morgan fingerprint density at radius 3 is 2.55 bits per heavy atom. The standard InChI is InChI=1S/C21H22N/c1-14(2)10-16-8-9-19-20(11-16)15(3)22-13-18-7-5-4-6-17(18)12-21(19)22/h4-9,11-15H,10H2,1-3H3/q+1. The van der Waals surface area contributed by atoms with Gasteiger partial charge in [-0.1, -0.05) is 38.1 Å². The molecule has 0 amide bonds. The first-order chi connectivity index (χ1) is 10.6. The minimum atomic E-state index is 0.418. The Bertz CT molecular complexity index is 861. The minimum absolute atomic E-state index is 0.418. The van der Waals surface area contributed by atoms with Crippen molar-refractivity contribution >= 4 is 10.8 Å². The molecule has 1 heteroatoms. The molecule has 0 N–H and O–H groups in total. The summed E-state index contributed by atoms with van der Waals surface area (Å²) in [4.78, 5) is 0. The molecular weight excluding hydrogens is 266 g/mol. The largest absolute Gasteiger partial charge is 0.214 e. The fraction of sp³-hybridized carbons (Fsp3) is 0.286. The molecule has 1 nitrogen and oxygen atoms in total. The van der Waals surface area contributed by atoms with E-state index in [-0.39, 0.29) is 0 Å².